The Morgan fingerprint density at radius 3 is 2.83 bits per heavy atom. The van der Waals surface area contributed by atoms with Crippen molar-refractivity contribution in [3.05, 3.63) is 46.8 Å². The molecule has 0 atom stereocenters. The number of benzene rings is 1. The second-order valence-electron chi connectivity index (χ2n) is 5.16. The van der Waals surface area contributed by atoms with Crippen molar-refractivity contribution >= 4 is 5.91 Å². The number of alkyl halides is 3. The van der Waals surface area contributed by atoms with Crippen LogP contribution in [0.25, 0.3) is 0 Å². The maximum Gasteiger partial charge on any atom is 0.419 e. The molecular formula is C14H12F4N4O. The molecule has 2 heterocycles. The van der Waals surface area contributed by atoms with Gasteiger partial charge in [0.2, 0.25) is 0 Å². The first-order valence-corrected chi connectivity index (χ1v) is 6.92. The van der Waals surface area contributed by atoms with Gasteiger partial charge >= 0.3 is 6.18 Å². The molecule has 1 aromatic carbocycles. The highest BCUT2D eigenvalue weighted by molar-refractivity contribution is 5.94. The highest BCUT2D eigenvalue weighted by Crippen LogP contribution is 2.31. The van der Waals surface area contributed by atoms with Crippen LogP contribution >= 0.6 is 0 Å². The van der Waals surface area contributed by atoms with E-state index in [9.17, 15) is 22.4 Å². The van der Waals surface area contributed by atoms with Gasteiger partial charge in [0.25, 0.3) is 5.91 Å². The maximum atomic E-state index is 13.2. The summed E-state index contributed by atoms with van der Waals surface area (Å²) in [6.45, 7) is 0.798. The van der Waals surface area contributed by atoms with Gasteiger partial charge in [0, 0.05) is 18.5 Å². The van der Waals surface area contributed by atoms with Crippen LogP contribution in [0, 0.1) is 5.82 Å². The minimum Gasteiger partial charge on any atom is -0.345 e. The predicted molar refractivity (Wildman–Crippen MR) is 70.9 cm³/mol. The van der Waals surface area contributed by atoms with Crippen LogP contribution in [-0.4, -0.2) is 20.7 Å². The Morgan fingerprint density at radius 2 is 2.09 bits per heavy atom. The molecule has 5 nitrogen and oxygen atoms in total. The van der Waals surface area contributed by atoms with E-state index in [1.165, 1.54) is 0 Å². The molecule has 1 amide bonds. The topological polar surface area (TPSA) is 59.8 Å². The van der Waals surface area contributed by atoms with Crippen LogP contribution in [-0.2, 0) is 25.7 Å². The molecular weight excluding hydrogens is 316 g/mol. The van der Waals surface area contributed by atoms with Crippen LogP contribution < -0.4 is 5.32 Å². The Kier molecular flexibility index (Phi) is 3.78. The average Bonchev–Trinajstić information content (AvgIpc) is 3.07. The summed E-state index contributed by atoms with van der Waals surface area (Å²) in [6, 6.07) is 2.14. The fourth-order valence-electron chi connectivity index (χ4n) is 2.49. The van der Waals surface area contributed by atoms with Crippen LogP contribution in [0.5, 0.6) is 0 Å². The first-order valence-electron chi connectivity index (χ1n) is 6.92. The zero-order valence-electron chi connectivity index (χ0n) is 11.8. The molecule has 9 heteroatoms. The first kappa shape index (κ1) is 15.4. The summed E-state index contributed by atoms with van der Waals surface area (Å²) in [5.41, 5.74) is -1.73. The van der Waals surface area contributed by atoms with Crippen LogP contribution in [0.3, 0.4) is 0 Å². The molecule has 122 valence electrons. The number of aryl methyl sites for hydroxylation is 1. The number of rotatable bonds is 3. The number of amides is 1. The van der Waals surface area contributed by atoms with Crippen LogP contribution in [0.2, 0.25) is 0 Å². The van der Waals surface area contributed by atoms with E-state index >= 15 is 0 Å². The number of nitrogens with one attached hydrogen (secondary N) is 1. The largest absolute Gasteiger partial charge is 0.419 e. The van der Waals surface area contributed by atoms with Gasteiger partial charge in [0.05, 0.1) is 12.1 Å². The Morgan fingerprint density at radius 1 is 1.30 bits per heavy atom. The predicted octanol–water partition coefficient (Wildman–Crippen LogP) is 2.31. The molecule has 2 aromatic rings. The molecule has 0 aliphatic carbocycles. The Labute approximate surface area is 128 Å². The van der Waals surface area contributed by atoms with E-state index in [-0.39, 0.29) is 12.1 Å². The Bertz CT molecular complexity index is 754. The summed E-state index contributed by atoms with van der Waals surface area (Å²) in [4.78, 5) is 12.0. The van der Waals surface area contributed by atoms with Gasteiger partial charge < -0.3 is 9.88 Å². The summed E-state index contributed by atoms with van der Waals surface area (Å²) in [5, 5.41) is 10.4. The molecule has 1 aromatic heterocycles. The number of carbonyl (C=O) groups is 1. The van der Waals surface area contributed by atoms with Gasteiger partial charge in [-0.1, -0.05) is 0 Å². The number of hydrogen-bond donors (Lipinski definition) is 1. The van der Waals surface area contributed by atoms with Gasteiger partial charge in [-0.05, 0) is 24.6 Å². The molecule has 0 radical (unpaired) electrons. The SMILES string of the molecule is O=C(NCc1nnc2n1CCC2)c1ccc(F)c(C(F)(F)F)c1. The molecule has 3 rings (SSSR count). The average molecular weight is 328 g/mol. The second kappa shape index (κ2) is 5.64. The highest BCUT2D eigenvalue weighted by Gasteiger charge is 2.34. The molecule has 1 aliphatic rings. The first-order chi connectivity index (χ1) is 10.9. The molecule has 0 saturated carbocycles. The summed E-state index contributed by atoms with van der Waals surface area (Å²) in [7, 11) is 0. The third-order valence-corrected chi connectivity index (χ3v) is 3.63. The van der Waals surface area contributed by atoms with Gasteiger partial charge in [0.15, 0.2) is 5.82 Å². The van der Waals surface area contributed by atoms with E-state index in [4.69, 9.17) is 0 Å². The van der Waals surface area contributed by atoms with Gasteiger partial charge in [-0.3, -0.25) is 4.79 Å². The highest BCUT2D eigenvalue weighted by atomic mass is 19.4. The minimum absolute atomic E-state index is 0.0462. The Hall–Kier alpha value is -2.45. The molecule has 0 bridgehead atoms. The van der Waals surface area contributed by atoms with Crippen LogP contribution in [0.4, 0.5) is 17.6 Å². The van der Waals surface area contributed by atoms with Crippen molar-refractivity contribution in [2.24, 2.45) is 0 Å². The third-order valence-electron chi connectivity index (χ3n) is 3.63. The lowest BCUT2D eigenvalue weighted by molar-refractivity contribution is -0.140. The van der Waals surface area contributed by atoms with Crippen molar-refractivity contribution in [1.29, 1.82) is 0 Å². The molecule has 0 fully saturated rings. The minimum atomic E-state index is -4.85. The number of aromatic nitrogens is 3. The number of halogens is 4. The van der Waals surface area contributed by atoms with Crippen molar-refractivity contribution in [1.82, 2.24) is 20.1 Å². The summed E-state index contributed by atoms with van der Waals surface area (Å²) >= 11 is 0. The smallest absolute Gasteiger partial charge is 0.345 e. The van der Waals surface area contributed by atoms with E-state index in [0.29, 0.717) is 18.0 Å². The maximum absolute atomic E-state index is 13.2. The number of fused-ring (bicyclic) bond motifs is 1. The second-order valence-corrected chi connectivity index (χ2v) is 5.16. The van der Waals surface area contributed by atoms with Gasteiger partial charge in [-0.25, -0.2) is 4.39 Å². The van der Waals surface area contributed by atoms with E-state index in [2.05, 4.69) is 15.5 Å². The lowest BCUT2D eigenvalue weighted by atomic mass is 10.1. The van der Waals surface area contributed by atoms with Crippen molar-refractivity contribution in [3.63, 3.8) is 0 Å². The van der Waals surface area contributed by atoms with Crippen molar-refractivity contribution < 1.29 is 22.4 Å². The van der Waals surface area contributed by atoms with E-state index in [1.54, 1.807) is 0 Å². The van der Waals surface area contributed by atoms with Crippen molar-refractivity contribution in [2.45, 2.75) is 32.1 Å². The molecule has 0 saturated heterocycles. The number of carbonyl (C=O) groups excluding carboxylic acids is 1. The van der Waals surface area contributed by atoms with E-state index < -0.39 is 23.5 Å². The van der Waals surface area contributed by atoms with Gasteiger partial charge in [0.1, 0.15) is 11.6 Å². The molecule has 0 spiro atoms. The molecule has 1 N–H and O–H groups in total. The lowest BCUT2D eigenvalue weighted by Crippen LogP contribution is -2.25. The standard InChI is InChI=1S/C14H12F4N4O/c15-10-4-3-8(6-9(10)14(16,17)18)13(23)19-7-12-21-20-11-2-1-5-22(11)12/h3-4,6H,1-2,5,7H2,(H,19,23). The van der Waals surface area contributed by atoms with Crippen molar-refractivity contribution in [2.75, 3.05) is 0 Å². The van der Waals surface area contributed by atoms with Crippen LogP contribution in [0.1, 0.15) is 34.0 Å². The molecule has 23 heavy (non-hydrogen) atoms. The van der Waals surface area contributed by atoms with Crippen LogP contribution in [0.15, 0.2) is 18.2 Å². The normalized spacial score (nSPS) is 13.9. The number of hydrogen-bond acceptors (Lipinski definition) is 3. The van der Waals surface area contributed by atoms with Gasteiger partial charge in [-0.15, -0.1) is 10.2 Å². The summed E-state index contributed by atoms with van der Waals surface area (Å²) in [6.07, 6.45) is -3.10. The molecule has 0 unspecified atom stereocenters. The monoisotopic (exact) mass is 328 g/mol. The lowest BCUT2D eigenvalue weighted by Gasteiger charge is -2.10. The van der Waals surface area contributed by atoms with Gasteiger partial charge in [-0.2, -0.15) is 13.2 Å². The number of nitrogens with zero attached hydrogens (tertiary/aromatic N) is 3. The third kappa shape index (κ3) is 3.03. The van der Waals surface area contributed by atoms with E-state index in [0.717, 1.165) is 31.3 Å². The zero-order valence-corrected chi connectivity index (χ0v) is 11.8. The van der Waals surface area contributed by atoms with Crippen molar-refractivity contribution in [3.8, 4) is 0 Å². The zero-order chi connectivity index (χ0) is 16.6. The summed E-state index contributed by atoms with van der Waals surface area (Å²) in [5.74, 6) is -0.769. The Balaban J connectivity index is 1.73. The fourth-order valence-corrected chi connectivity index (χ4v) is 2.49. The van der Waals surface area contributed by atoms with E-state index in [1.807, 2.05) is 4.57 Å². The summed E-state index contributed by atoms with van der Waals surface area (Å²) < 4.78 is 53.1. The fraction of sp³-hybridized carbons (Fsp3) is 0.357. The quantitative estimate of drug-likeness (QED) is 0.880. The molecule has 1 aliphatic heterocycles.